The summed E-state index contributed by atoms with van der Waals surface area (Å²) in [6, 6.07) is 3.41. The summed E-state index contributed by atoms with van der Waals surface area (Å²) in [5.74, 6) is 0. The summed E-state index contributed by atoms with van der Waals surface area (Å²) in [6.07, 6.45) is 1.11. The van der Waals surface area contributed by atoms with E-state index in [-0.39, 0.29) is 0 Å². The summed E-state index contributed by atoms with van der Waals surface area (Å²) in [6.45, 7) is 1.79. The topological polar surface area (TPSA) is 87.7 Å². The third kappa shape index (κ3) is 1.91. The molecule has 2 rings (SSSR count). The van der Waals surface area contributed by atoms with Crippen LogP contribution in [0.2, 0.25) is 0 Å². The van der Waals surface area contributed by atoms with E-state index in [2.05, 4.69) is 20.1 Å². The van der Waals surface area contributed by atoms with Crippen LogP contribution in [0.3, 0.4) is 0 Å². The second-order valence-electron chi connectivity index (χ2n) is 3.32. The maximum absolute atomic E-state index is 11.1. The molecule has 0 fully saturated rings. The number of H-pyrrole nitrogens is 1. The fourth-order valence-electron chi connectivity index (χ4n) is 1.36. The quantitative estimate of drug-likeness (QED) is 0.786. The second kappa shape index (κ2) is 3.20. The molecule has 2 aromatic rings. The van der Waals surface area contributed by atoms with E-state index >= 15 is 0 Å². The lowest BCUT2D eigenvalue weighted by molar-refractivity contribution is 0.607. The van der Waals surface area contributed by atoms with Gasteiger partial charge in [0.15, 0.2) is 0 Å². The number of aromatic nitrogens is 3. The predicted octanol–water partition coefficient (Wildman–Crippen LogP) is 0.638. The molecular weight excluding hydrogens is 216 g/mol. The Labute approximate surface area is 86.7 Å². The molecule has 0 atom stereocenters. The van der Waals surface area contributed by atoms with E-state index in [0.717, 1.165) is 17.3 Å². The Morgan fingerprint density at radius 3 is 2.80 bits per heavy atom. The molecule has 0 radical (unpaired) electrons. The first-order valence-corrected chi connectivity index (χ1v) is 6.15. The van der Waals surface area contributed by atoms with Gasteiger partial charge in [-0.1, -0.05) is 5.21 Å². The Morgan fingerprint density at radius 2 is 2.13 bits per heavy atom. The molecular formula is C8H10N4O2S. The van der Waals surface area contributed by atoms with Crippen LogP contribution in [0.1, 0.15) is 5.56 Å². The lowest BCUT2D eigenvalue weighted by atomic mass is 10.2. The van der Waals surface area contributed by atoms with Gasteiger partial charge in [-0.3, -0.25) is 9.82 Å². The summed E-state index contributed by atoms with van der Waals surface area (Å²) in [5.41, 5.74) is 2.74. The minimum atomic E-state index is -3.26. The standard InChI is InChI=1S/C8H10N4O2S/c1-5-6(11-15(2,13)14)3-4-7-8(5)10-12-9-7/h3-4,11H,1-2H3,(H,9,10,12). The predicted molar refractivity (Wildman–Crippen MR) is 57.1 cm³/mol. The summed E-state index contributed by atoms with van der Waals surface area (Å²) >= 11 is 0. The van der Waals surface area contributed by atoms with Gasteiger partial charge in [0.1, 0.15) is 5.52 Å². The van der Waals surface area contributed by atoms with Gasteiger partial charge in [-0.25, -0.2) is 8.42 Å². The molecule has 6 nitrogen and oxygen atoms in total. The van der Waals surface area contributed by atoms with E-state index in [1.165, 1.54) is 0 Å². The number of nitrogens with zero attached hydrogens (tertiary/aromatic N) is 2. The highest BCUT2D eigenvalue weighted by molar-refractivity contribution is 7.92. The molecule has 0 amide bonds. The number of aryl methyl sites for hydroxylation is 1. The number of sulfonamides is 1. The van der Waals surface area contributed by atoms with Gasteiger partial charge in [-0.15, -0.1) is 5.10 Å². The van der Waals surface area contributed by atoms with Crippen LogP contribution in [-0.2, 0) is 10.0 Å². The van der Waals surface area contributed by atoms with Crippen molar-refractivity contribution >= 4 is 26.7 Å². The van der Waals surface area contributed by atoms with Crippen LogP contribution in [0.25, 0.3) is 11.0 Å². The van der Waals surface area contributed by atoms with Crippen molar-refractivity contribution in [2.45, 2.75) is 6.92 Å². The van der Waals surface area contributed by atoms with Crippen LogP contribution in [0.15, 0.2) is 12.1 Å². The minimum absolute atomic E-state index is 0.527. The first-order valence-electron chi connectivity index (χ1n) is 4.25. The number of fused-ring (bicyclic) bond motifs is 1. The third-order valence-corrected chi connectivity index (χ3v) is 2.64. The van der Waals surface area contributed by atoms with Crippen molar-refractivity contribution in [3.05, 3.63) is 17.7 Å². The second-order valence-corrected chi connectivity index (χ2v) is 5.07. The number of hydrogen-bond acceptors (Lipinski definition) is 4. The van der Waals surface area contributed by atoms with Gasteiger partial charge in [0.2, 0.25) is 10.0 Å². The maximum Gasteiger partial charge on any atom is 0.229 e. The minimum Gasteiger partial charge on any atom is -0.283 e. The van der Waals surface area contributed by atoms with Gasteiger partial charge in [0.25, 0.3) is 0 Å². The Balaban J connectivity index is 2.58. The molecule has 0 aliphatic heterocycles. The molecule has 7 heteroatoms. The van der Waals surface area contributed by atoms with Gasteiger partial charge < -0.3 is 0 Å². The fraction of sp³-hybridized carbons (Fsp3) is 0.250. The van der Waals surface area contributed by atoms with E-state index in [1.54, 1.807) is 19.1 Å². The van der Waals surface area contributed by atoms with E-state index < -0.39 is 10.0 Å². The van der Waals surface area contributed by atoms with E-state index in [1.807, 2.05) is 0 Å². The van der Waals surface area contributed by atoms with Crippen molar-refractivity contribution < 1.29 is 8.42 Å². The molecule has 15 heavy (non-hydrogen) atoms. The van der Waals surface area contributed by atoms with Crippen molar-refractivity contribution in [2.24, 2.45) is 0 Å². The van der Waals surface area contributed by atoms with Gasteiger partial charge in [-0.05, 0) is 19.1 Å². The number of rotatable bonds is 2. The molecule has 80 valence electrons. The first-order chi connectivity index (χ1) is 6.97. The van der Waals surface area contributed by atoms with Crippen LogP contribution in [0.5, 0.6) is 0 Å². The molecule has 0 aliphatic carbocycles. The Hall–Kier alpha value is -1.63. The van der Waals surface area contributed by atoms with Crippen LogP contribution >= 0.6 is 0 Å². The third-order valence-electron chi connectivity index (χ3n) is 2.05. The Bertz CT molecular complexity index is 602. The zero-order valence-corrected chi connectivity index (χ0v) is 9.09. The molecule has 0 unspecified atom stereocenters. The Morgan fingerprint density at radius 1 is 1.40 bits per heavy atom. The molecule has 0 aliphatic rings. The zero-order chi connectivity index (χ0) is 11.1. The summed E-state index contributed by atoms with van der Waals surface area (Å²) in [4.78, 5) is 0. The largest absolute Gasteiger partial charge is 0.283 e. The van der Waals surface area contributed by atoms with E-state index in [4.69, 9.17) is 0 Å². The average molecular weight is 226 g/mol. The van der Waals surface area contributed by atoms with Crippen molar-refractivity contribution in [3.8, 4) is 0 Å². The van der Waals surface area contributed by atoms with Crippen LogP contribution in [0, 0.1) is 6.92 Å². The van der Waals surface area contributed by atoms with Gasteiger partial charge in [0, 0.05) is 5.56 Å². The molecule has 0 spiro atoms. The molecule has 0 bridgehead atoms. The maximum atomic E-state index is 11.1. The van der Waals surface area contributed by atoms with Gasteiger partial charge in [-0.2, -0.15) is 0 Å². The smallest absolute Gasteiger partial charge is 0.229 e. The van der Waals surface area contributed by atoms with Gasteiger partial charge >= 0.3 is 0 Å². The van der Waals surface area contributed by atoms with Crippen molar-refractivity contribution in [2.75, 3.05) is 11.0 Å². The number of hydrogen-bond donors (Lipinski definition) is 2. The fourth-order valence-corrected chi connectivity index (χ4v) is 1.98. The average Bonchev–Trinajstić information content (AvgIpc) is 2.56. The van der Waals surface area contributed by atoms with Crippen LogP contribution in [-0.4, -0.2) is 30.1 Å². The highest BCUT2D eigenvalue weighted by Gasteiger charge is 2.09. The van der Waals surface area contributed by atoms with E-state index in [0.29, 0.717) is 11.2 Å². The van der Waals surface area contributed by atoms with Crippen LogP contribution < -0.4 is 4.72 Å². The molecule has 0 saturated heterocycles. The SMILES string of the molecule is Cc1c(NS(C)(=O)=O)ccc2[nH]nnc12. The summed E-state index contributed by atoms with van der Waals surface area (Å²) in [7, 11) is -3.26. The first kappa shape index (κ1) is 9.91. The molecule has 1 heterocycles. The Kier molecular flexibility index (Phi) is 2.11. The normalized spacial score (nSPS) is 11.9. The highest BCUT2D eigenvalue weighted by Crippen LogP contribution is 2.22. The molecule has 1 aromatic heterocycles. The molecule has 1 aromatic carbocycles. The number of benzene rings is 1. The van der Waals surface area contributed by atoms with Crippen LogP contribution in [0.4, 0.5) is 5.69 Å². The summed E-state index contributed by atoms with van der Waals surface area (Å²) < 4.78 is 24.6. The van der Waals surface area contributed by atoms with Crippen molar-refractivity contribution in [3.63, 3.8) is 0 Å². The van der Waals surface area contributed by atoms with Crippen molar-refractivity contribution in [1.82, 2.24) is 15.4 Å². The van der Waals surface area contributed by atoms with Crippen molar-refractivity contribution in [1.29, 1.82) is 0 Å². The number of nitrogens with one attached hydrogen (secondary N) is 2. The number of aromatic amines is 1. The van der Waals surface area contributed by atoms with E-state index in [9.17, 15) is 8.42 Å². The zero-order valence-electron chi connectivity index (χ0n) is 8.27. The lowest BCUT2D eigenvalue weighted by Crippen LogP contribution is -2.10. The molecule has 2 N–H and O–H groups in total. The summed E-state index contributed by atoms with van der Waals surface area (Å²) in [5, 5.41) is 10.2. The lowest BCUT2D eigenvalue weighted by Gasteiger charge is -2.06. The highest BCUT2D eigenvalue weighted by atomic mass is 32.2. The molecule has 0 saturated carbocycles. The number of anilines is 1. The monoisotopic (exact) mass is 226 g/mol. The van der Waals surface area contributed by atoms with Gasteiger partial charge in [0.05, 0.1) is 17.5 Å².